The number of ketones is 1. The molecule has 1 saturated carbocycles. The molecule has 1 aliphatic carbocycles. The molecule has 2 rings (SSSR count). The number of carbonyl (C=O) groups excluding carboxylic acids is 1. The van der Waals surface area contributed by atoms with E-state index in [9.17, 15) is 9.90 Å². The van der Waals surface area contributed by atoms with E-state index in [4.69, 9.17) is 4.74 Å². The van der Waals surface area contributed by atoms with Gasteiger partial charge in [0.05, 0.1) is 13.2 Å². The van der Waals surface area contributed by atoms with Crippen molar-refractivity contribution >= 4 is 5.78 Å². The van der Waals surface area contributed by atoms with Crippen LogP contribution in [0.15, 0.2) is 18.2 Å². The first-order valence-electron chi connectivity index (χ1n) is 7.77. The number of rotatable bonds is 8. The highest BCUT2D eigenvalue weighted by Gasteiger charge is 2.25. The molecule has 1 fully saturated rings. The molecule has 21 heavy (non-hydrogen) atoms. The molecule has 0 spiro atoms. The number of nitrogens with zero attached hydrogens (tertiary/aromatic N) is 1. The maximum atomic E-state index is 11.6. The van der Waals surface area contributed by atoms with Gasteiger partial charge in [0, 0.05) is 30.3 Å². The van der Waals surface area contributed by atoms with Crippen molar-refractivity contribution in [1.29, 1.82) is 0 Å². The van der Waals surface area contributed by atoms with Gasteiger partial charge in [-0.25, -0.2) is 0 Å². The Morgan fingerprint density at radius 3 is 2.71 bits per heavy atom. The van der Waals surface area contributed by atoms with E-state index in [1.165, 1.54) is 19.3 Å². The summed E-state index contributed by atoms with van der Waals surface area (Å²) in [4.78, 5) is 13.9. The summed E-state index contributed by atoms with van der Waals surface area (Å²) >= 11 is 0. The van der Waals surface area contributed by atoms with E-state index in [1.54, 1.807) is 6.92 Å². The molecule has 0 heterocycles. The van der Waals surface area contributed by atoms with Crippen LogP contribution in [0.4, 0.5) is 0 Å². The number of hydrogen-bond acceptors (Lipinski definition) is 4. The third-order valence-corrected chi connectivity index (χ3v) is 4.12. The second kappa shape index (κ2) is 7.57. The van der Waals surface area contributed by atoms with E-state index in [1.807, 2.05) is 25.1 Å². The molecule has 0 saturated heterocycles. The Kier molecular flexibility index (Phi) is 5.76. The molecule has 1 aromatic rings. The Balaban J connectivity index is 2.21. The van der Waals surface area contributed by atoms with Crippen LogP contribution in [0.3, 0.4) is 0 Å². The number of hydrogen-bond donors (Lipinski definition) is 1. The van der Waals surface area contributed by atoms with E-state index in [2.05, 4.69) is 4.90 Å². The molecular formula is C17H25NO3. The van der Waals surface area contributed by atoms with Crippen molar-refractivity contribution in [3.05, 3.63) is 29.3 Å². The van der Waals surface area contributed by atoms with Gasteiger partial charge < -0.3 is 9.84 Å². The summed E-state index contributed by atoms with van der Waals surface area (Å²) < 4.78 is 5.68. The Labute approximate surface area is 126 Å². The van der Waals surface area contributed by atoms with Crippen LogP contribution in [-0.4, -0.2) is 41.6 Å². The van der Waals surface area contributed by atoms with Gasteiger partial charge >= 0.3 is 0 Å². The summed E-state index contributed by atoms with van der Waals surface area (Å²) in [5.41, 5.74) is 1.75. The fourth-order valence-corrected chi connectivity index (χ4v) is 2.71. The summed E-state index contributed by atoms with van der Waals surface area (Å²) in [6.07, 6.45) is 3.64. The van der Waals surface area contributed by atoms with E-state index >= 15 is 0 Å². The quantitative estimate of drug-likeness (QED) is 0.748. The first-order chi connectivity index (χ1) is 10.2. The second-order valence-electron chi connectivity index (χ2n) is 5.59. The van der Waals surface area contributed by atoms with Crippen molar-refractivity contribution in [2.24, 2.45) is 0 Å². The third-order valence-electron chi connectivity index (χ3n) is 4.12. The SMILES string of the molecule is CCOc1ccc(C(C)=O)cc1CN(CCO)C1CCC1. The average molecular weight is 291 g/mol. The van der Waals surface area contributed by atoms with Gasteiger partial charge in [-0.1, -0.05) is 6.42 Å². The lowest BCUT2D eigenvalue weighted by atomic mass is 9.91. The van der Waals surface area contributed by atoms with Gasteiger partial charge in [-0.15, -0.1) is 0 Å². The zero-order valence-corrected chi connectivity index (χ0v) is 13.0. The maximum absolute atomic E-state index is 11.6. The van der Waals surface area contributed by atoms with Crippen molar-refractivity contribution < 1.29 is 14.6 Å². The molecule has 0 amide bonds. The minimum Gasteiger partial charge on any atom is -0.494 e. The smallest absolute Gasteiger partial charge is 0.159 e. The van der Waals surface area contributed by atoms with Crippen LogP contribution in [0.2, 0.25) is 0 Å². The zero-order chi connectivity index (χ0) is 15.2. The van der Waals surface area contributed by atoms with Crippen molar-refractivity contribution in [2.45, 2.75) is 45.7 Å². The standard InChI is InChI=1S/C17H25NO3/c1-3-21-17-8-7-14(13(2)20)11-15(17)12-18(9-10-19)16-5-4-6-16/h7-8,11,16,19H,3-6,9-10,12H2,1-2H3. The maximum Gasteiger partial charge on any atom is 0.159 e. The molecule has 0 radical (unpaired) electrons. The van der Waals surface area contributed by atoms with E-state index in [-0.39, 0.29) is 12.4 Å². The summed E-state index contributed by atoms with van der Waals surface area (Å²) in [5, 5.41) is 9.27. The monoisotopic (exact) mass is 291 g/mol. The summed E-state index contributed by atoms with van der Waals surface area (Å²) in [5.74, 6) is 0.904. The van der Waals surface area contributed by atoms with Crippen molar-refractivity contribution in [1.82, 2.24) is 4.90 Å². The first kappa shape index (κ1) is 16.0. The number of Topliss-reactive ketones (excluding diaryl/α,β-unsaturated/α-hetero) is 1. The van der Waals surface area contributed by atoms with Gasteiger partial charge in [0.2, 0.25) is 0 Å². The molecule has 116 valence electrons. The molecule has 1 aromatic carbocycles. The van der Waals surface area contributed by atoms with Gasteiger partial charge in [0.1, 0.15) is 5.75 Å². The van der Waals surface area contributed by atoms with Crippen LogP contribution in [-0.2, 0) is 6.54 Å². The topological polar surface area (TPSA) is 49.8 Å². The van der Waals surface area contributed by atoms with E-state index in [0.717, 1.165) is 17.9 Å². The lowest BCUT2D eigenvalue weighted by molar-refractivity contribution is 0.0933. The fraction of sp³-hybridized carbons (Fsp3) is 0.588. The van der Waals surface area contributed by atoms with E-state index < -0.39 is 0 Å². The predicted octanol–water partition coefficient (Wildman–Crippen LogP) is 2.63. The highest BCUT2D eigenvalue weighted by molar-refractivity contribution is 5.94. The average Bonchev–Trinajstić information content (AvgIpc) is 2.39. The Morgan fingerprint density at radius 1 is 1.43 bits per heavy atom. The van der Waals surface area contributed by atoms with Gasteiger partial charge in [-0.3, -0.25) is 9.69 Å². The number of carbonyl (C=O) groups is 1. The highest BCUT2D eigenvalue weighted by atomic mass is 16.5. The van der Waals surface area contributed by atoms with Crippen LogP contribution in [0, 0.1) is 0 Å². The van der Waals surface area contributed by atoms with Crippen LogP contribution >= 0.6 is 0 Å². The highest BCUT2D eigenvalue weighted by Crippen LogP contribution is 2.29. The van der Waals surface area contributed by atoms with Crippen molar-refractivity contribution in [3.8, 4) is 5.75 Å². The summed E-state index contributed by atoms with van der Waals surface area (Å²) in [6, 6.07) is 6.17. The molecule has 4 heteroatoms. The minimum atomic E-state index is 0.0663. The minimum absolute atomic E-state index is 0.0663. The van der Waals surface area contributed by atoms with Crippen LogP contribution in [0.5, 0.6) is 5.75 Å². The molecule has 0 unspecified atom stereocenters. The second-order valence-corrected chi connectivity index (χ2v) is 5.59. The van der Waals surface area contributed by atoms with Gasteiger partial charge in [0.15, 0.2) is 5.78 Å². The summed E-state index contributed by atoms with van der Waals surface area (Å²) in [7, 11) is 0. The molecule has 0 bridgehead atoms. The van der Waals surface area contributed by atoms with Crippen LogP contribution in [0.1, 0.15) is 49.0 Å². The molecule has 1 aliphatic rings. The third kappa shape index (κ3) is 4.05. The number of aliphatic hydroxyl groups excluding tert-OH is 1. The fourth-order valence-electron chi connectivity index (χ4n) is 2.71. The van der Waals surface area contributed by atoms with Crippen LogP contribution in [0.25, 0.3) is 0 Å². The largest absolute Gasteiger partial charge is 0.494 e. The Morgan fingerprint density at radius 2 is 2.19 bits per heavy atom. The lowest BCUT2D eigenvalue weighted by Crippen LogP contribution is -2.41. The molecule has 0 aromatic heterocycles. The molecule has 0 atom stereocenters. The van der Waals surface area contributed by atoms with Gasteiger partial charge in [-0.05, 0) is 44.9 Å². The first-order valence-corrected chi connectivity index (χ1v) is 7.77. The number of benzene rings is 1. The number of ether oxygens (including phenoxy) is 1. The van der Waals surface area contributed by atoms with E-state index in [0.29, 0.717) is 24.8 Å². The Hall–Kier alpha value is -1.39. The molecule has 4 nitrogen and oxygen atoms in total. The molecule has 0 aliphatic heterocycles. The number of aliphatic hydroxyl groups is 1. The predicted molar refractivity (Wildman–Crippen MR) is 82.8 cm³/mol. The lowest BCUT2D eigenvalue weighted by Gasteiger charge is -2.37. The van der Waals surface area contributed by atoms with Crippen molar-refractivity contribution in [3.63, 3.8) is 0 Å². The summed E-state index contributed by atoms with van der Waals surface area (Å²) in [6.45, 7) is 5.70. The van der Waals surface area contributed by atoms with Crippen LogP contribution < -0.4 is 4.74 Å². The normalized spacial score (nSPS) is 15.0. The zero-order valence-electron chi connectivity index (χ0n) is 13.0. The van der Waals surface area contributed by atoms with Gasteiger partial charge in [-0.2, -0.15) is 0 Å². The Bertz CT molecular complexity index is 483. The molecular weight excluding hydrogens is 266 g/mol. The van der Waals surface area contributed by atoms with Crippen molar-refractivity contribution in [2.75, 3.05) is 19.8 Å². The molecule has 1 N–H and O–H groups in total. The van der Waals surface area contributed by atoms with Gasteiger partial charge in [0.25, 0.3) is 0 Å².